The Morgan fingerprint density at radius 3 is 2.22 bits per heavy atom. The molecule has 0 amide bonds. The lowest BCUT2D eigenvalue weighted by Gasteiger charge is -2.27. The summed E-state index contributed by atoms with van der Waals surface area (Å²) in [5.41, 5.74) is 0. The summed E-state index contributed by atoms with van der Waals surface area (Å²) in [5.74, 6) is 0.170. The maximum absolute atomic E-state index is 12.2. The van der Waals surface area contributed by atoms with Crippen LogP contribution in [0.25, 0.3) is 0 Å². The maximum atomic E-state index is 12.2. The van der Waals surface area contributed by atoms with Crippen LogP contribution in [-0.4, -0.2) is 24.6 Å². The molecule has 0 N–H and O–H groups in total. The van der Waals surface area contributed by atoms with Crippen LogP contribution >= 0.6 is 0 Å². The van der Waals surface area contributed by atoms with Crippen LogP contribution in [0.5, 0.6) is 0 Å². The molecule has 134 valence electrons. The number of hydrogen-bond donors (Lipinski definition) is 0. The van der Waals surface area contributed by atoms with E-state index in [-0.39, 0.29) is 29.9 Å². The van der Waals surface area contributed by atoms with Crippen molar-refractivity contribution in [3.63, 3.8) is 0 Å². The molecule has 0 aromatic carbocycles. The number of carbonyl (C=O) groups excluding carboxylic acids is 2. The van der Waals surface area contributed by atoms with Crippen LogP contribution in [0.3, 0.4) is 0 Å². The van der Waals surface area contributed by atoms with Crippen molar-refractivity contribution in [1.82, 2.24) is 0 Å². The third-order valence-electron chi connectivity index (χ3n) is 4.36. The second-order valence-electron chi connectivity index (χ2n) is 7.46. The van der Waals surface area contributed by atoms with Gasteiger partial charge in [-0.05, 0) is 45.4 Å². The average molecular weight is 326 g/mol. The van der Waals surface area contributed by atoms with Gasteiger partial charge in [0.2, 0.25) is 0 Å². The molecule has 4 heteroatoms. The van der Waals surface area contributed by atoms with Crippen molar-refractivity contribution >= 4 is 11.9 Å². The van der Waals surface area contributed by atoms with Crippen LogP contribution in [0.4, 0.5) is 0 Å². The summed E-state index contributed by atoms with van der Waals surface area (Å²) in [4.78, 5) is 24.1. The molecule has 0 radical (unpaired) electrons. The fraction of sp³-hybridized carbons (Fsp3) is 0.895. The molecule has 0 heterocycles. The molecule has 0 spiro atoms. The molecule has 0 saturated heterocycles. The Bertz CT molecular complexity index is 362. The lowest BCUT2D eigenvalue weighted by molar-refractivity contribution is -0.157. The fourth-order valence-corrected chi connectivity index (χ4v) is 3.07. The van der Waals surface area contributed by atoms with Crippen LogP contribution in [0.2, 0.25) is 0 Å². The topological polar surface area (TPSA) is 52.6 Å². The van der Waals surface area contributed by atoms with Crippen molar-refractivity contribution in [1.29, 1.82) is 0 Å². The SMILES string of the molecule is CC(C)CCCCCOC(=O)C1CCCC(C(=O)OC(C)C)C1. The quantitative estimate of drug-likeness (QED) is 0.462. The van der Waals surface area contributed by atoms with E-state index in [1.807, 2.05) is 13.8 Å². The predicted octanol–water partition coefficient (Wildman–Crippen LogP) is 4.50. The van der Waals surface area contributed by atoms with Gasteiger partial charge in [-0.25, -0.2) is 0 Å². The number of hydrogen-bond acceptors (Lipinski definition) is 4. The van der Waals surface area contributed by atoms with Crippen LogP contribution < -0.4 is 0 Å². The highest BCUT2D eigenvalue weighted by Gasteiger charge is 2.33. The molecule has 2 atom stereocenters. The van der Waals surface area contributed by atoms with Gasteiger partial charge in [0.15, 0.2) is 0 Å². The molecule has 23 heavy (non-hydrogen) atoms. The molecule has 4 nitrogen and oxygen atoms in total. The summed E-state index contributed by atoms with van der Waals surface area (Å²) < 4.78 is 10.7. The number of unbranched alkanes of at least 4 members (excludes halogenated alkanes) is 2. The summed E-state index contributed by atoms with van der Waals surface area (Å²) in [6.45, 7) is 8.67. The van der Waals surface area contributed by atoms with Gasteiger partial charge in [-0.15, -0.1) is 0 Å². The molecule has 2 unspecified atom stereocenters. The lowest BCUT2D eigenvalue weighted by atomic mass is 9.81. The smallest absolute Gasteiger partial charge is 0.309 e. The summed E-state index contributed by atoms with van der Waals surface area (Å²) in [6, 6.07) is 0. The van der Waals surface area contributed by atoms with E-state index in [0.29, 0.717) is 13.0 Å². The predicted molar refractivity (Wildman–Crippen MR) is 90.9 cm³/mol. The number of ether oxygens (including phenoxy) is 2. The molecule has 0 aliphatic heterocycles. The number of rotatable bonds is 9. The van der Waals surface area contributed by atoms with Gasteiger partial charge in [-0.1, -0.05) is 39.5 Å². The largest absolute Gasteiger partial charge is 0.465 e. The summed E-state index contributed by atoms with van der Waals surface area (Å²) in [6.07, 6.45) is 7.51. The van der Waals surface area contributed by atoms with Gasteiger partial charge in [-0.3, -0.25) is 9.59 Å². The first kappa shape index (κ1) is 20.0. The van der Waals surface area contributed by atoms with Crippen molar-refractivity contribution in [2.75, 3.05) is 6.61 Å². The molecular weight excluding hydrogens is 292 g/mol. The zero-order chi connectivity index (χ0) is 17.2. The zero-order valence-corrected chi connectivity index (χ0v) is 15.3. The van der Waals surface area contributed by atoms with E-state index in [0.717, 1.165) is 38.0 Å². The highest BCUT2D eigenvalue weighted by molar-refractivity contribution is 5.76. The molecule has 1 aliphatic carbocycles. The van der Waals surface area contributed by atoms with Gasteiger partial charge in [0, 0.05) is 0 Å². The van der Waals surface area contributed by atoms with E-state index in [4.69, 9.17) is 9.47 Å². The van der Waals surface area contributed by atoms with E-state index in [9.17, 15) is 9.59 Å². The monoisotopic (exact) mass is 326 g/mol. The Balaban J connectivity index is 2.23. The second-order valence-corrected chi connectivity index (χ2v) is 7.46. The van der Waals surface area contributed by atoms with Crippen molar-refractivity contribution in [3.8, 4) is 0 Å². The Morgan fingerprint density at radius 2 is 1.61 bits per heavy atom. The zero-order valence-electron chi connectivity index (χ0n) is 15.3. The van der Waals surface area contributed by atoms with Crippen LogP contribution in [0.1, 0.15) is 79.1 Å². The molecule has 0 bridgehead atoms. The number of esters is 2. The Labute approximate surface area is 141 Å². The Kier molecular flexibility index (Phi) is 9.27. The average Bonchev–Trinajstić information content (AvgIpc) is 2.49. The van der Waals surface area contributed by atoms with Gasteiger partial charge in [-0.2, -0.15) is 0 Å². The third kappa shape index (κ3) is 8.38. The minimum atomic E-state index is -0.161. The Hall–Kier alpha value is -1.06. The van der Waals surface area contributed by atoms with Crippen molar-refractivity contribution in [2.45, 2.75) is 85.2 Å². The first-order valence-corrected chi connectivity index (χ1v) is 9.27. The molecule has 1 saturated carbocycles. The summed E-state index contributed by atoms with van der Waals surface area (Å²) in [7, 11) is 0. The first-order chi connectivity index (χ1) is 10.9. The lowest BCUT2D eigenvalue weighted by Crippen LogP contribution is -2.30. The number of carbonyl (C=O) groups is 2. The van der Waals surface area contributed by atoms with E-state index < -0.39 is 0 Å². The minimum Gasteiger partial charge on any atom is -0.465 e. The van der Waals surface area contributed by atoms with Gasteiger partial charge in [0.1, 0.15) is 0 Å². The summed E-state index contributed by atoms with van der Waals surface area (Å²) >= 11 is 0. The van der Waals surface area contributed by atoms with E-state index in [1.165, 1.54) is 12.8 Å². The molecule has 1 rings (SSSR count). The second kappa shape index (κ2) is 10.7. The molecule has 0 aromatic rings. The Morgan fingerprint density at radius 1 is 0.957 bits per heavy atom. The summed E-state index contributed by atoms with van der Waals surface area (Å²) in [5, 5.41) is 0. The van der Waals surface area contributed by atoms with Crippen LogP contribution in [0.15, 0.2) is 0 Å². The van der Waals surface area contributed by atoms with Gasteiger partial charge in [0.05, 0.1) is 24.5 Å². The van der Waals surface area contributed by atoms with E-state index >= 15 is 0 Å². The highest BCUT2D eigenvalue weighted by atomic mass is 16.5. The highest BCUT2D eigenvalue weighted by Crippen LogP contribution is 2.31. The van der Waals surface area contributed by atoms with E-state index in [1.54, 1.807) is 0 Å². The molecule has 1 fully saturated rings. The maximum Gasteiger partial charge on any atom is 0.309 e. The van der Waals surface area contributed by atoms with E-state index in [2.05, 4.69) is 13.8 Å². The van der Waals surface area contributed by atoms with Crippen LogP contribution in [0, 0.1) is 17.8 Å². The molecular formula is C19H34O4. The normalized spacial score (nSPS) is 21.5. The third-order valence-corrected chi connectivity index (χ3v) is 4.36. The van der Waals surface area contributed by atoms with Gasteiger partial charge >= 0.3 is 11.9 Å². The minimum absolute atomic E-state index is 0.0966. The fourth-order valence-electron chi connectivity index (χ4n) is 3.07. The van der Waals surface area contributed by atoms with Crippen molar-refractivity contribution in [2.24, 2.45) is 17.8 Å². The van der Waals surface area contributed by atoms with Crippen molar-refractivity contribution < 1.29 is 19.1 Å². The van der Waals surface area contributed by atoms with Gasteiger partial charge in [0.25, 0.3) is 0 Å². The van der Waals surface area contributed by atoms with Crippen LogP contribution in [-0.2, 0) is 19.1 Å². The first-order valence-electron chi connectivity index (χ1n) is 9.27. The van der Waals surface area contributed by atoms with Crippen molar-refractivity contribution in [3.05, 3.63) is 0 Å². The molecule has 0 aromatic heterocycles. The molecule has 1 aliphatic rings. The standard InChI is InChI=1S/C19H34O4/c1-14(2)9-6-5-7-12-22-18(20)16-10-8-11-17(13-16)19(21)23-15(3)4/h14-17H,5-13H2,1-4H3. The van der Waals surface area contributed by atoms with Gasteiger partial charge < -0.3 is 9.47 Å².